The number of piperidine rings is 1. The third-order valence-electron chi connectivity index (χ3n) is 4.61. The predicted octanol–water partition coefficient (Wildman–Crippen LogP) is 1.19. The molecule has 0 unspecified atom stereocenters. The van der Waals surface area contributed by atoms with E-state index in [9.17, 15) is 13.2 Å². The second-order valence-corrected chi connectivity index (χ2v) is 8.63. The molecule has 1 fully saturated rings. The van der Waals surface area contributed by atoms with Gasteiger partial charge in [-0.25, -0.2) is 18.4 Å². The number of aromatic amines is 1. The van der Waals surface area contributed by atoms with Crippen molar-refractivity contribution in [1.82, 2.24) is 23.8 Å². The van der Waals surface area contributed by atoms with Crippen LogP contribution in [0.5, 0.6) is 0 Å². The van der Waals surface area contributed by atoms with Crippen LogP contribution in [0.1, 0.15) is 38.3 Å². The van der Waals surface area contributed by atoms with Gasteiger partial charge >= 0.3 is 0 Å². The smallest absolute Gasteiger partial charge is 0.260 e. The molecule has 0 radical (unpaired) electrons. The van der Waals surface area contributed by atoms with Crippen molar-refractivity contribution in [3.8, 4) is 0 Å². The van der Waals surface area contributed by atoms with E-state index >= 15 is 0 Å². The van der Waals surface area contributed by atoms with E-state index in [0.717, 1.165) is 5.69 Å². The van der Waals surface area contributed by atoms with Gasteiger partial charge in [0.05, 0.1) is 24.5 Å². The molecule has 0 saturated carbocycles. The lowest BCUT2D eigenvalue weighted by Gasteiger charge is -2.30. The fourth-order valence-corrected chi connectivity index (χ4v) is 4.39. The van der Waals surface area contributed by atoms with E-state index in [-0.39, 0.29) is 22.4 Å². The highest BCUT2D eigenvalue weighted by atomic mass is 32.2. The van der Waals surface area contributed by atoms with Crippen molar-refractivity contribution >= 4 is 10.0 Å². The fourth-order valence-electron chi connectivity index (χ4n) is 3.03. The molecule has 2 aromatic rings. The number of H-pyrrole nitrogens is 1. The zero-order valence-electron chi connectivity index (χ0n) is 14.4. The molecule has 3 heterocycles. The van der Waals surface area contributed by atoms with Crippen LogP contribution in [0.4, 0.5) is 0 Å². The van der Waals surface area contributed by atoms with Crippen molar-refractivity contribution in [1.29, 1.82) is 0 Å². The molecule has 0 amide bonds. The van der Waals surface area contributed by atoms with Crippen molar-refractivity contribution in [2.45, 2.75) is 44.2 Å². The summed E-state index contributed by atoms with van der Waals surface area (Å²) < 4.78 is 28.0. The number of aromatic nitrogens is 4. The molecule has 0 aliphatic carbocycles. The van der Waals surface area contributed by atoms with E-state index in [1.807, 2.05) is 13.8 Å². The maximum absolute atomic E-state index is 12.5. The Bertz CT molecular complexity index is 865. The molecular formula is C16H23N5O3S. The van der Waals surface area contributed by atoms with E-state index in [2.05, 4.69) is 15.0 Å². The van der Waals surface area contributed by atoms with Crippen molar-refractivity contribution in [3.63, 3.8) is 0 Å². The number of nitrogens with zero attached hydrogens (tertiary/aromatic N) is 4. The lowest BCUT2D eigenvalue weighted by atomic mass is 9.98. The number of imidazole rings is 1. The predicted molar refractivity (Wildman–Crippen MR) is 92.7 cm³/mol. The summed E-state index contributed by atoms with van der Waals surface area (Å²) in [6.45, 7) is 5.46. The van der Waals surface area contributed by atoms with Crippen LogP contribution in [0.2, 0.25) is 0 Å². The van der Waals surface area contributed by atoms with Gasteiger partial charge in [0.2, 0.25) is 0 Å². The van der Waals surface area contributed by atoms with Gasteiger partial charge in [0.15, 0.2) is 5.03 Å². The van der Waals surface area contributed by atoms with Crippen LogP contribution in [-0.4, -0.2) is 45.3 Å². The highest BCUT2D eigenvalue weighted by Gasteiger charge is 2.30. The van der Waals surface area contributed by atoms with Gasteiger partial charge in [0.25, 0.3) is 15.6 Å². The molecule has 0 atom stereocenters. The van der Waals surface area contributed by atoms with Gasteiger partial charge in [-0.15, -0.1) is 0 Å². The molecule has 1 aliphatic rings. The third kappa shape index (κ3) is 3.82. The number of nitrogens with one attached hydrogen (secondary N) is 1. The number of hydrogen-bond acceptors (Lipinski definition) is 5. The molecule has 2 aromatic heterocycles. The van der Waals surface area contributed by atoms with Crippen LogP contribution in [0.3, 0.4) is 0 Å². The fraction of sp³-hybridized carbons (Fsp3) is 0.562. The summed E-state index contributed by atoms with van der Waals surface area (Å²) in [7, 11) is -3.50. The van der Waals surface area contributed by atoms with E-state index < -0.39 is 10.0 Å². The maximum atomic E-state index is 12.5. The summed E-state index contributed by atoms with van der Waals surface area (Å²) in [5, 5.41) is 0.121. The zero-order valence-corrected chi connectivity index (χ0v) is 15.2. The average molecular weight is 365 g/mol. The minimum Gasteiger partial charge on any atom is -0.335 e. The first-order valence-corrected chi connectivity index (χ1v) is 9.87. The molecule has 0 spiro atoms. The van der Waals surface area contributed by atoms with E-state index in [1.165, 1.54) is 16.8 Å². The largest absolute Gasteiger partial charge is 0.335 e. The SMILES string of the molecule is CC(C)c1cc(=O)n(CC2CCN(S(=O)(=O)c3cnc[nH]3)CC2)cn1. The summed E-state index contributed by atoms with van der Waals surface area (Å²) in [6.07, 6.45) is 5.71. The van der Waals surface area contributed by atoms with Crippen molar-refractivity contribution in [2.24, 2.45) is 5.92 Å². The molecule has 3 rings (SSSR count). The molecule has 1 aliphatic heterocycles. The molecule has 0 aromatic carbocycles. The Kier molecular flexibility index (Phi) is 5.05. The maximum Gasteiger partial charge on any atom is 0.260 e. The molecule has 8 nitrogen and oxygen atoms in total. The minimum atomic E-state index is -3.50. The van der Waals surface area contributed by atoms with Gasteiger partial charge < -0.3 is 4.98 Å². The number of rotatable bonds is 5. The Balaban J connectivity index is 1.63. The van der Waals surface area contributed by atoms with Crippen LogP contribution in [0.25, 0.3) is 0 Å². The molecule has 1 saturated heterocycles. The van der Waals surface area contributed by atoms with Crippen molar-refractivity contribution < 1.29 is 8.42 Å². The van der Waals surface area contributed by atoms with Gasteiger partial charge in [-0.3, -0.25) is 9.36 Å². The van der Waals surface area contributed by atoms with Gasteiger partial charge in [-0.05, 0) is 24.7 Å². The summed E-state index contributed by atoms with van der Waals surface area (Å²) in [5.74, 6) is 0.482. The molecule has 0 bridgehead atoms. The Morgan fingerprint density at radius 2 is 2.04 bits per heavy atom. The molecule has 136 valence electrons. The number of hydrogen-bond donors (Lipinski definition) is 1. The van der Waals surface area contributed by atoms with Gasteiger partial charge in [0.1, 0.15) is 0 Å². The molecule has 1 N–H and O–H groups in total. The van der Waals surface area contributed by atoms with Crippen molar-refractivity contribution in [2.75, 3.05) is 13.1 Å². The standard InChI is InChI=1S/C16H23N5O3S/c1-12(2)14-7-16(22)20(11-19-14)9-13-3-5-21(6-4-13)25(23,24)15-8-17-10-18-15/h7-8,10-13H,3-6,9H2,1-2H3,(H,17,18). The topological polar surface area (TPSA) is 101 Å². The Morgan fingerprint density at radius 3 is 2.60 bits per heavy atom. The van der Waals surface area contributed by atoms with E-state index in [0.29, 0.717) is 32.5 Å². The minimum absolute atomic E-state index is 0.0498. The summed E-state index contributed by atoms with van der Waals surface area (Å²) in [4.78, 5) is 23.0. The monoisotopic (exact) mass is 365 g/mol. The second kappa shape index (κ2) is 7.09. The van der Waals surface area contributed by atoms with Crippen molar-refractivity contribution in [3.05, 3.63) is 41.0 Å². The van der Waals surface area contributed by atoms with Crippen LogP contribution in [0, 0.1) is 5.92 Å². The zero-order chi connectivity index (χ0) is 18.0. The van der Waals surface area contributed by atoms with Crippen LogP contribution in [-0.2, 0) is 16.6 Å². The summed E-state index contributed by atoms with van der Waals surface area (Å²) in [5.41, 5.74) is 0.743. The lowest BCUT2D eigenvalue weighted by Crippen LogP contribution is -2.40. The van der Waals surface area contributed by atoms with Gasteiger partial charge in [-0.1, -0.05) is 13.8 Å². The van der Waals surface area contributed by atoms with Crippen LogP contribution >= 0.6 is 0 Å². The Morgan fingerprint density at radius 1 is 1.32 bits per heavy atom. The molecule has 9 heteroatoms. The van der Waals surface area contributed by atoms with Crippen LogP contribution in [0.15, 0.2) is 34.7 Å². The van der Waals surface area contributed by atoms with Crippen LogP contribution < -0.4 is 5.56 Å². The number of sulfonamides is 1. The average Bonchev–Trinajstić information content (AvgIpc) is 3.12. The Labute approximate surface area is 147 Å². The molecule has 25 heavy (non-hydrogen) atoms. The first-order chi connectivity index (χ1) is 11.9. The summed E-state index contributed by atoms with van der Waals surface area (Å²) >= 11 is 0. The normalized spacial score (nSPS) is 17.2. The quantitative estimate of drug-likeness (QED) is 0.858. The van der Waals surface area contributed by atoms with E-state index in [4.69, 9.17) is 0 Å². The first-order valence-electron chi connectivity index (χ1n) is 8.43. The highest BCUT2D eigenvalue weighted by molar-refractivity contribution is 7.89. The summed E-state index contributed by atoms with van der Waals surface area (Å²) in [6, 6.07) is 1.59. The first kappa shape index (κ1) is 17.8. The molecular weight excluding hydrogens is 342 g/mol. The second-order valence-electron chi connectivity index (χ2n) is 6.72. The highest BCUT2D eigenvalue weighted by Crippen LogP contribution is 2.23. The van der Waals surface area contributed by atoms with Gasteiger partial charge in [-0.2, -0.15) is 4.31 Å². The van der Waals surface area contributed by atoms with E-state index in [1.54, 1.807) is 17.0 Å². The third-order valence-corrected chi connectivity index (χ3v) is 6.44. The Hall–Kier alpha value is -2.00. The van der Waals surface area contributed by atoms with Gasteiger partial charge in [0, 0.05) is 25.7 Å². The lowest BCUT2D eigenvalue weighted by molar-refractivity contribution is 0.250.